The van der Waals surface area contributed by atoms with Crippen molar-refractivity contribution in [2.24, 2.45) is 0 Å². The number of aliphatic hydroxyl groups is 2. The number of rotatable bonds is 14. The summed E-state index contributed by atoms with van der Waals surface area (Å²) in [7, 11) is 0. The molecule has 4 heteroatoms. The quantitative estimate of drug-likeness (QED) is 0.253. The van der Waals surface area contributed by atoms with Crippen molar-refractivity contribution in [2.45, 2.75) is 70.5 Å². The summed E-state index contributed by atoms with van der Waals surface area (Å²) in [5, 5.41) is 27.9. The van der Waals surface area contributed by atoms with Gasteiger partial charge in [-0.15, -0.1) is 0 Å². The molecule has 0 saturated heterocycles. The average Bonchev–Trinajstić information content (AvgIpc) is 2.53. The van der Waals surface area contributed by atoms with Gasteiger partial charge in [0, 0.05) is 6.42 Å². The normalized spacial score (nSPS) is 15.1. The Balaban J connectivity index is 3.81. The van der Waals surface area contributed by atoms with Crippen molar-refractivity contribution in [3.8, 4) is 0 Å². The Labute approximate surface area is 145 Å². The third-order valence-corrected chi connectivity index (χ3v) is 3.41. The van der Waals surface area contributed by atoms with E-state index in [9.17, 15) is 15.0 Å². The van der Waals surface area contributed by atoms with Crippen LogP contribution in [0, 0.1) is 0 Å². The smallest absolute Gasteiger partial charge is 0.303 e. The molecule has 0 aliphatic carbocycles. The Kier molecular flexibility index (Phi) is 15.1. The van der Waals surface area contributed by atoms with Crippen LogP contribution in [0.25, 0.3) is 0 Å². The molecule has 4 nitrogen and oxygen atoms in total. The molecule has 0 rings (SSSR count). The number of hydrogen-bond donors (Lipinski definition) is 3. The number of unbranched alkanes of at least 4 members (excludes halogenated alkanes) is 3. The number of carbonyl (C=O) groups is 1. The first-order valence-electron chi connectivity index (χ1n) is 8.80. The Morgan fingerprint density at radius 2 is 1.58 bits per heavy atom. The molecule has 136 valence electrons. The van der Waals surface area contributed by atoms with Gasteiger partial charge in [0.1, 0.15) is 0 Å². The van der Waals surface area contributed by atoms with Crippen LogP contribution in [0.2, 0.25) is 0 Å². The van der Waals surface area contributed by atoms with Gasteiger partial charge in [-0.2, -0.15) is 0 Å². The second-order valence-electron chi connectivity index (χ2n) is 5.78. The van der Waals surface area contributed by atoms with E-state index < -0.39 is 18.2 Å². The van der Waals surface area contributed by atoms with Crippen molar-refractivity contribution in [1.82, 2.24) is 0 Å². The van der Waals surface area contributed by atoms with Gasteiger partial charge in [0.05, 0.1) is 12.2 Å². The fraction of sp³-hybridized carbons (Fsp3) is 0.550. The molecule has 0 aromatic heterocycles. The standard InChI is InChI=1S/C20H32O4/c1-2-3-4-5-6-9-13-18(21)14-10-7-8-11-15-19(22)16-12-17-20(23)24/h6-11,14-15,18-19,21-22H,2-5,12-13,16-17H2,1H3,(H,23,24)/b8-7+,9-6-,14-10+,15-11+/t18-,19-/m0/s1. The molecule has 0 radical (unpaired) electrons. The summed E-state index contributed by atoms with van der Waals surface area (Å²) in [5.41, 5.74) is 0. The Bertz CT molecular complexity index is 421. The first-order chi connectivity index (χ1) is 11.6. The van der Waals surface area contributed by atoms with E-state index in [2.05, 4.69) is 13.0 Å². The summed E-state index contributed by atoms with van der Waals surface area (Å²) >= 11 is 0. The zero-order chi connectivity index (χ0) is 18.0. The van der Waals surface area contributed by atoms with Gasteiger partial charge in [-0.05, 0) is 32.1 Å². The monoisotopic (exact) mass is 336 g/mol. The molecule has 3 N–H and O–H groups in total. The van der Waals surface area contributed by atoms with Crippen molar-refractivity contribution < 1.29 is 20.1 Å². The summed E-state index contributed by atoms with van der Waals surface area (Å²) in [5.74, 6) is -0.842. The van der Waals surface area contributed by atoms with E-state index in [0.717, 1.165) is 6.42 Å². The van der Waals surface area contributed by atoms with E-state index in [4.69, 9.17) is 5.11 Å². The molecule has 2 atom stereocenters. The lowest BCUT2D eigenvalue weighted by Gasteiger charge is -2.02. The van der Waals surface area contributed by atoms with Crippen LogP contribution in [0.15, 0.2) is 48.6 Å². The number of hydrogen-bond acceptors (Lipinski definition) is 3. The summed E-state index contributed by atoms with van der Waals surface area (Å²) in [6.45, 7) is 2.18. The van der Waals surface area contributed by atoms with Gasteiger partial charge in [0.25, 0.3) is 0 Å². The molecule has 0 bridgehead atoms. The Morgan fingerprint density at radius 1 is 0.917 bits per heavy atom. The second-order valence-corrected chi connectivity index (χ2v) is 5.78. The molecule has 0 unspecified atom stereocenters. The van der Waals surface area contributed by atoms with Crippen LogP contribution < -0.4 is 0 Å². The van der Waals surface area contributed by atoms with Crippen molar-refractivity contribution in [2.75, 3.05) is 0 Å². The van der Waals surface area contributed by atoms with E-state index in [1.807, 2.05) is 6.08 Å². The third kappa shape index (κ3) is 16.7. The van der Waals surface area contributed by atoms with E-state index >= 15 is 0 Å². The van der Waals surface area contributed by atoms with Crippen LogP contribution in [-0.2, 0) is 4.79 Å². The number of carboxylic acid groups (broad SMARTS) is 1. The number of allylic oxidation sites excluding steroid dienone is 5. The van der Waals surface area contributed by atoms with E-state index in [1.165, 1.54) is 19.3 Å². The molecule has 0 spiro atoms. The highest BCUT2D eigenvalue weighted by Gasteiger charge is 2.01. The van der Waals surface area contributed by atoms with Crippen LogP contribution in [0.4, 0.5) is 0 Å². The van der Waals surface area contributed by atoms with Gasteiger partial charge in [0.2, 0.25) is 0 Å². The molecule has 0 aliphatic heterocycles. The van der Waals surface area contributed by atoms with Crippen LogP contribution in [0.3, 0.4) is 0 Å². The minimum absolute atomic E-state index is 0.0778. The molecule has 24 heavy (non-hydrogen) atoms. The van der Waals surface area contributed by atoms with Crippen molar-refractivity contribution >= 4 is 5.97 Å². The maximum Gasteiger partial charge on any atom is 0.303 e. The lowest BCUT2D eigenvalue weighted by atomic mass is 10.1. The molecular formula is C20H32O4. The SMILES string of the molecule is CCCCC/C=C\C[C@H](O)/C=C/C=C/C=C/[C@H](O)CCCC(=O)O. The van der Waals surface area contributed by atoms with Gasteiger partial charge < -0.3 is 15.3 Å². The maximum absolute atomic E-state index is 10.3. The minimum Gasteiger partial charge on any atom is -0.481 e. The largest absolute Gasteiger partial charge is 0.481 e. The zero-order valence-electron chi connectivity index (χ0n) is 14.7. The molecular weight excluding hydrogens is 304 g/mol. The lowest BCUT2D eigenvalue weighted by Crippen LogP contribution is -2.03. The van der Waals surface area contributed by atoms with Crippen molar-refractivity contribution in [3.05, 3.63) is 48.6 Å². The minimum atomic E-state index is -0.842. The van der Waals surface area contributed by atoms with Gasteiger partial charge in [-0.25, -0.2) is 0 Å². The zero-order valence-corrected chi connectivity index (χ0v) is 14.7. The van der Waals surface area contributed by atoms with E-state index in [0.29, 0.717) is 19.3 Å². The molecule has 0 amide bonds. The molecule has 0 aromatic carbocycles. The highest BCUT2D eigenvalue weighted by molar-refractivity contribution is 5.66. The maximum atomic E-state index is 10.3. The molecule has 0 aliphatic rings. The Morgan fingerprint density at radius 3 is 2.21 bits per heavy atom. The molecule has 0 heterocycles. The highest BCUT2D eigenvalue weighted by Crippen LogP contribution is 2.03. The van der Waals surface area contributed by atoms with Crippen LogP contribution in [0.1, 0.15) is 58.3 Å². The average molecular weight is 336 g/mol. The molecule has 0 fully saturated rings. The third-order valence-electron chi connectivity index (χ3n) is 3.41. The molecule has 0 aromatic rings. The van der Waals surface area contributed by atoms with Crippen LogP contribution in [-0.4, -0.2) is 33.5 Å². The van der Waals surface area contributed by atoms with Gasteiger partial charge in [-0.3, -0.25) is 4.79 Å². The second kappa shape index (κ2) is 16.2. The number of carboxylic acids is 1. The van der Waals surface area contributed by atoms with Crippen LogP contribution >= 0.6 is 0 Å². The van der Waals surface area contributed by atoms with Crippen molar-refractivity contribution in [1.29, 1.82) is 0 Å². The fourth-order valence-electron chi connectivity index (χ4n) is 2.02. The summed E-state index contributed by atoms with van der Waals surface area (Å²) in [6, 6.07) is 0. The van der Waals surface area contributed by atoms with Crippen molar-refractivity contribution in [3.63, 3.8) is 0 Å². The number of aliphatic hydroxyl groups excluding tert-OH is 2. The summed E-state index contributed by atoms with van der Waals surface area (Å²) in [6.07, 6.45) is 19.8. The van der Waals surface area contributed by atoms with Gasteiger partial charge >= 0.3 is 5.97 Å². The summed E-state index contributed by atoms with van der Waals surface area (Å²) in [4.78, 5) is 10.3. The van der Waals surface area contributed by atoms with Gasteiger partial charge in [-0.1, -0.05) is 68.4 Å². The van der Waals surface area contributed by atoms with E-state index in [-0.39, 0.29) is 6.42 Å². The predicted octanol–water partition coefficient (Wildman–Crippen LogP) is 4.16. The first-order valence-corrected chi connectivity index (χ1v) is 8.80. The topological polar surface area (TPSA) is 77.8 Å². The highest BCUT2D eigenvalue weighted by atomic mass is 16.4. The number of aliphatic carboxylic acids is 1. The fourth-order valence-corrected chi connectivity index (χ4v) is 2.02. The Hall–Kier alpha value is -1.65. The molecule has 0 saturated carbocycles. The first kappa shape index (κ1) is 22.4. The summed E-state index contributed by atoms with van der Waals surface area (Å²) < 4.78 is 0. The van der Waals surface area contributed by atoms with Crippen LogP contribution in [0.5, 0.6) is 0 Å². The van der Waals surface area contributed by atoms with Gasteiger partial charge in [0.15, 0.2) is 0 Å². The lowest BCUT2D eigenvalue weighted by molar-refractivity contribution is -0.137. The van der Waals surface area contributed by atoms with E-state index in [1.54, 1.807) is 36.5 Å². The predicted molar refractivity (Wildman–Crippen MR) is 98.8 cm³/mol.